The van der Waals surface area contributed by atoms with E-state index >= 15 is 0 Å². The first-order chi connectivity index (χ1) is 14.9. The van der Waals surface area contributed by atoms with Gasteiger partial charge in [-0.05, 0) is 36.8 Å². The molecule has 0 unspecified atom stereocenters. The van der Waals surface area contributed by atoms with E-state index in [0.29, 0.717) is 26.5 Å². The summed E-state index contributed by atoms with van der Waals surface area (Å²) in [5.41, 5.74) is 0.559. The largest absolute Gasteiger partial charge is 0.352 e. The number of fused-ring (bicyclic) bond motifs is 1. The van der Waals surface area contributed by atoms with Crippen molar-refractivity contribution in [1.29, 1.82) is 0 Å². The molecular formula is C19H17ClF3N5O3S. The Morgan fingerprint density at radius 1 is 1.16 bits per heavy atom. The van der Waals surface area contributed by atoms with Gasteiger partial charge in [0.2, 0.25) is 0 Å². The second-order valence-corrected chi connectivity index (χ2v) is 9.48. The van der Waals surface area contributed by atoms with Crippen LogP contribution in [0.2, 0.25) is 5.02 Å². The van der Waals surface area contributed by atoms with Crippen LogP contribution >= 0.6 is 11.6 Å². The average Bonchev–Trinajstić information content (AvgIpc) is 2.69. The van der Waals surface area contributed by atoms with E-state index in [9.17, 15) is 26.4 Å². The van der Waals surface area contributed by atoms with Crippen LogP contribution in [0.5, 0.6) is 0 Å². The summed E-state index contributed by atoms with van der Waals surface area (Å²) in [6.45, 7) is -0.257. The molecule has 0 spiro atoms. The van der Waals surface area contributed by atoms with Crippen LogP contribution in [0.4, 0.5) is 30.2 Å². The van der Waals surface area contributed by atoms with Crippen LogP contribution in [-0.4, -0.2) is 41.3 Å². The third-order valence-electron chi connectivity index (χ3n) is 5.09. The van der Waals surface area contributed by atoms with Crippen molar-refractivity contribution in [2.75, 3.05) is 23.1 Å². The lowest BCUT2D eigenvalue weighted by atomic mass is 10.1. The first-order valence-corrected chi connectivity index (χ1v) is 11.1. The SMILES string of the molecule is Cc1c(Nc2c(F)ccc(NS(=O)(=O)N3CC(F)(F)C3)c2Cl)ccc2ncn(C)c(=O)c12. The number of benzene rings is 2. The van der Waals surface area contributed by atoms with Gasteiger partial charge < -0.3 is 9.88 Å². The smallest absolute Gasteiger partial charge is 0.302 e. The molecule has 2 aromatic carbocycles. The molecule has 2 heterocycles. The molecule has 1 fully saturated rings. The van der Waals surface area contributed by atoms with Crippen molar-refractivity contribution in [2.24, 2.45) is 7.05 Å². The van der Waals surface area contributed by atoms with Crippen LogP contribution in [0.1, 0.15) is 5.56 Å². The minimum Gasteiger partial charge on any atom is -0.352 e. The van der Waals surface area contributed by atoms with Crippen molar-refractivity contribution in [2.45, 2.75) is 12.8 Å². The molecule has 1 aliphatic rings. The molecule has 0 aliphatic carbocycles. The lowest BCUT2D eigenvalue weighted by Gasteiger charge is -2.37. The van der Waals surface area contributed by atoms with E-state index in [1.54, 1.807) is 26.1 Å². The Labute approximate surface area is 185 Å². The molecule has 4 rings (SSSR count). The van der Waals surface area contributed by atoms with Crippen LogP contribution in [0, 0.1) is 12.7 Å². The molecule has 32 heavy (non-hydrogen) atoms. The maximum atomic E-state index is 14.6. The van der Waals surface area contributed by atoms with E-state index in [0.717, 1.165) is 12.1 Å². The minimum atomic E-state index is -4.30. The predicted octanol–water partition coefficient (Wildman–Crippen LogP) is 3.39. The van der Waals surface area contributed by atoms with Crippen LogP contribution in [0.15, 0.2) is 35.4 Å². The summed E-state index contributed by atoms with van der Waals surface area (Å²) in [7, 11) is -2.75. The van der Waals surface area contributed by atoms with Gasteiger partial charge >= 0.3 is 10.2 Å². The Morgan fingerprint density at radius 2 is 1.81 bits per heavy atom. The summed E-state index contributed by atoms with van der Waals surface area (Å²) in [5.74, 6) is -3.87. The average molecular weight is 488 g/mol. The highest BCUT2D eigenvalue weighted by Crippen LogP contribution is 2.38. The van der Waals surface area contributed by atoms with Gasteiger partial charge in [0.15, 0.2) is 0 Å². The molecule has 1 saturated heterocycles. The number of nitrogens with zero attached hydrogens (tertiary/aromatic N) is 3. The van der Waals surface area contributed by atoms with E-state index < -0.39 is 35.0 Å². The quantitative estimate of drug-likeness (QED) is 0.575. The van der Waals surface area contributed by atoms with E-state index in [1.165, 1.54) is 10.9 Å². The van der Waals surface area contributed by atoms with Gasteiger partial charge in [0.05, 0.1) is 46.7 Å². The summed E-state index contributed by atoms with van der Waals surface area (Å²) in [5, 5.41) is 2.81. The van der Waals surface area contributed by atoms with E-state index in [-0.39, 0.29) is 22.0 Å². The van der Waals surface area contributed by atoms with Gasteiger partial charge in [-0.2, -0.15) is 12.7 Å². The number of aryl methyl sites for hydroxylation is 2. The zero-order valence-corrected chi connectivity index (χ0v) is 18.4. The van der Waals surface area contributed by atoms with Crippen LogP contribution in [0.3, 0.4) is 0 Å². The Balaban J connectivity index is 1.69. The molecule has 3 aromatic rings. The van der Waals surface area contributed by atoms with Crippen molar-refractivity contribution >= 4 is 49.8 Å². The zero-order chi connectivity index (χ0) is 23.4. The molecule has 170 valence electrons. The lowest BCUT2D eigenvalue weighted by Crippen LogP contribution is -2.59. The van der Waals surface area contributed by atoms with Gasteiger partial charge in [0, 0.05) is 12.7 Å². The third kappa shape index (κ3) is 3.89. The molecule has 0 atom stereocenters. The summed E-state index contributed by atoms with van der Waals surface area (Å²) in [6.07, 6.45) is 1.39. The Hall–Kier alpha value is -2.83. The molecule has 13 heteroatoms. The van der Waals surface area contributed by atoms with Crippen molar-refractivity contribution in [3.8, 4) is 0 Å². The Kier molecular flexibility index (Phi) is 5.34. The number of halogens is 4. The van der Waals surface area contributed by atoms with Gasteiger partial charge in [-0.3, -0.25) is 9.52 Å². The first kappa shape index (κ1) is 22.4. The maximum absolute atomic E-state index is 14.6. The van der Waals surface area contributed by atoms with Crippen molar-refractivity contribution in [3.63, 3.8) is 0 Å². The van der Waals surface area contributed by atoms with E-state index in [2.05, 4.69) is 15.0 Å². The maximum Gasteiger partial charge on any atom is 0.302 e. The topological polar surface area (TPSA) is 96.3 Å². The number of rotatable bonds is 5. The van der Waals surface area contributed by atoms with E-state index in [1.807, 2.05) is 0 Å². The fourth-order valence-electron chi connectivity index (χ4n) is 3.31. The van der Waals surface area contributed by atoms with Gasteiger partial charge in [-0.15, -0.1) is 0 Å². The molecule has 1 aromatic heterocycles. The summed E-state index contributed by atoms with van der Waals surface area (Å²) < 4.78 is 69.2. The molecule has 2 N–H and O–H groups in total. The summed E-state index contributed by atoms with van der Waals surface area (Å²) in [6, 6.07) is 5.23. The summed E-state index contributed by atoms with van der Waals surface area (Å²) >= 11 is 6.24. The van der Waals surface area contributed by atoms with Crippen LogP contribution in [-0.2, 0) is 17.3 Å². The number of nitrogens with one attached hydrogen (secondary N) is 2. The molecule has 0 amide bonds. The second kappa shape index (κ2) is 7.64. The first-order valence-electron chi connectivity index (χ1n) is 9.25. The molecule has 0 radical (unpaired) electrons. The number of aromatic nitrogens is 2. The highest BCUT2D eigenvalue weighted by Gasteiger charge is 2.49. The van der Waals surface area contributed by atoms with Crippen molar-refractivity contribution < 1.29 is 21.6 Å². The fraction of sp³-hybridized carbons (Fsp3) is 0.263. The van der Waals surface area contributed by atoms with Gasteiger partial charge in [0.1, 0.15) is 5.82 Å². The molecule has 8 nitrogen and oxygen atoms in total. The van der Waals surface area contributed by atoms with Gasteiger partial charge in [0.25, 0.3) is 11.5 Å². The zero-order valence-electron chi connectivity index (χ0n) is 16.8. The highest BCUT2D eigenvalue weighted by molar-refractivity contribution is 7.90. The number of hydrogen-bond acceptors (Lipinski definition) is 5. The number of hydrogen-bond donors (Lipinski definition) is 2. The Bertz CT molecular complexity index is 1400. The highest BCUT2D eigenvalue weighted by atomic mass is 35.5. The summed E-state index contributed by atoms with van der Waals surface area (Å²) in [4.78, 5) is 16.7. The number of alkyl halides is 2. The molecule has 0 bridgehead atoms. The van der Waals surface area contributed by atoms with Crippen molar-refractivity contribution in [1.82, 2.24) is 13.9 Å². The Morgan fingerprint density at radius 3 is 2.47 bits per heavy atom. The van der Waals surface area contributed by atoms with Gasteiger partial charge in [-0.1, -0.05) is 11.6 Å². The number of anilines is 3. The standard InChI is InChI=1S/C19H17ClF3N5O3S/c1-10-12(5-6-13-15(10)18(29)27(2)9-24-13)25-17-11(21)3-4-14(16(17)20)26-32(30,31)28-7-19(22,23)8-28/h3-6,9,25-26H,7-8H2,1-2H3. The van der Waals surface area contributed by atoms with Crippen LogP contribution in [0.25, 0.3) is 10.9 Å². The van der Waals surface area contributed by atoms with Crippen molar-refractivity contribution in [3.05, 3.63) is 57.3 Å². The molecule has 1 aliphatic heterocycles. The fourth-order valence-corrected chi connectivity index (χ4v) is 4.91. The van der Waals surface area contributed by atoms with E-state index in [4.69, 9.17) is 11.6 Å². The second-order valence-electron chi connectivity index (χ2n) is 7.43. The minimum absolute atomic E-state index is 0.193. The molecule has 0 saturated carbocycles. The van der Waals surface area contributed by atoms with Gasteiger partial charge in [-0.25, -0.2) is 18.2 Å². The molecular weight excluding hydrogens is 471 g/mol. The normalized spacial score (nSPS) is 16.1. The monoisotopic (exact) mass is 487 g/mol. The third-order valence-corrected chi connectivity index (χ3v) is 6.90. The predicted molar refractivity (Wildman–Crippen MR) is 115 cm³/mol. The van der Waals surface area contributed by atoms with Crippen LogP contribution < -0.4 is 15.6 Å². The lowest BCUT2D eigenvalue weighted by molar-refractivity contribution is -0.0942.